The number of carboxylic acids is 1. The van der Waals surface area contributed by atoms with Gasteiger partial charge in [-0.05, 0) is 31.0 Å². The summed E-state index contributed by atoms with van der Waals surface area (Å²) in [7, 11) is 0. The van der Waals surface area contributed by atoms with E-state index in [-0.39, 0.29) is 17.4 Å². The molecule has 1 atom stereocenters. The Morgan fingerprint density at radius 3 is 2.64 bits per heavy atom. The van der Waals surface area contributed by atoms with Gasteiger partial charge in [-0.1, -0.05) is 6.07 Å². The highest BCUT2D eigenvalue weighted by Gasteiger charge is 2.08. The number of hydrogen-bond acceptors (Lipinski definition) is 3. The van der Waals surface area contributed by atoms with Crippen LogP contribution in [0.1, 0.15) is 22.8 Å². The van der Waals surface area contributed by atoms with Crippen LogP contribution in [0.4, 0.5) is 0 Å². The highest BCUT2D eigenvalue weighted by atomic mass is 16.4. The Morgan fingerprint density at radius 2 is 2.21 bits per heavy atom. The molecule has 4 nitrogen and oxygen atoms in total. The molecular formula is C10H13NO3. The first kappa shape index (κ1) is 10.5. The predicted molar refractivity (Wildman–Crippen MR) is 52.4 cm³/mol. The number of carbonyl (C=O) groups is 1. The smallest absolute Gasteiger partial charge is 0.335 e. The third kappa shape index (κ3) is 2.47. The first-order chi connectivity index (χ1) is 6.50. The fourth-order valence-electron chi connectivity index (χ4n) is 1.22. The molecule has 1 rings (SSSR count). The molecule has 0 saturated carbocycles. The highest BCUT2D eigenvalue weighted by molar-refractivity contribution is 5.88. The minimum Gasteiger partial charge on any atom is -0.508 e. The lowest BCUT2D eigenvalue weighted by Gasteiger charge is -2.07. The van der Waals surface area contributed by atoms with Crippen LogP contribution in [0.5, 0.6) is 5.75 Å². The van der Waals surface area contributed by atoms with Crippen molar-refractivity contribution >= 4 is 5.97 Å². The van der Waals surface area contributed by atoms with Crippen molar-refractivity contribution < 1.29 is 15.0 Å². The summed E-state index contributed by atoms with van der Waals surface area (Å²) in [5.41, 5.74) is 6.31. The largest absolute Gasteiger partial charge is 0.508 e. The molecule has 1 unspecified atom stereocenters. The second kappa shape index (κ2) is 4.11. The maximum atomic E-state index is 10.6. The average molecular weight is 195 g/mol. The minimum atomic E-state index is -1.05. The van der Waals surface area contributed by atoms with Crippen LogP contribution in [0.3, 0.4) is 0 Å². The molecule has 1 aromatic carbocycles. The fraction of sp³-hybridized carbons (Fsp3) is 0.300. The summed E-state index contributed by atoms with van der Waals surface area (Å²) in [4.78, 5) is 10.6. The normalized spacial score (nSPS) is 12.4. The van der Waals surface area contributed by atoms with Crippen LogP contribution in [-0.4, -0.2) is 22.2 Å². The predicted octanol–water partition coefficient (Wildman–Crippen LogP) is 0.980. The van der Waals surface area contributed by atoms with Gasteiger partial charge in [-0.2, -0.15) is 0 Å². The van der Waals surface area contributed by atoms with Crippen molar-refractivity contribution in [3.05, 3.63) is 29.3 Å². The fourth-order valence-corrected chi connectivity index (χ4v) is 1.22. The van der Waals surface area contributed by atoms with Gasteiger partial charge in [0.25, 0.3) is 0 Å². The number of nitrogens with two attached hydrogens (primary N) is 1. The molecule has 0 bridgehead atoms. The molecule has 0 aliphatic rings. The maximum absolute atomic E-state index is 10.6. The third-order valence-electron chi connectivity index (χ3n) is 1.87. The molecule has 4 heteroatoms. The van der Waals surface area contributed by atoms with E-state index in [2.05, 4.69) is 0 Å². The van der Waals surface area contributed by atoms with Crippen molar-refractivity contribution in [3.63, 3.8) is 0 Å². The molecule has 14 heavy (non-hydrogen) atoms. The zero-order valence-corrected chi connectivity index (χ0v) is 7.90. The molecular weight excluding hydrogens is 182 g/mol. The van der Waals surface area contributed by atoms with Crippen LogP contribution in [0.25, 0.3) is 0 Å². The topological polar surface area (TPSA) is 83.6 Å². The summed E-state index contributed by atoms with van der Waals surface area (Å²) in [6.07, 6.45) is 0.533. The molecule has 1 aromatic rings. The number of aromatic hydroxyl groups is 1. The van der Waals surface area contributed by atoms with Gasteiger partial charge in [-0.3, -0.25) is 0 Å². The Morgan fingerprint density at radius 1 is 1.57 bits per heavy atom. The zero-order valence-electron chi connectivity index (χ0n) is 7.90. The van der Waals surface area contributed by atoms with Crippen molar-refractivity contribution in [2.75, 3.05) is 0 Å². The van der Waals surface area contributed by atoms with Crippen molar-refractivity contribution in [1.29, 1.82) is 0 Å². The summed E-state index contributed by atoms with van der Waals surface area (Å²) in [6.45, 7) is 1.82. The molecule has 0 fully saturated rings. The lowest BCUT2D eigenvalue weighted by Crippen LogP contribution is -2.17. The summed E-state index contributed by atoms with van der Waals surface area (Å²) in [5.74, 6) is -1.06. The lowest BCUT2D eigenvalue weighted by molar-refractivity contribution is 0.0696. The standard InChI is InChI=1S/C10H13NO3/c1-6(11)4-7-2-3-8(10(13)14)5-9(7)12/h2-3,5-6,12H,4,11H2,1H3,(H,13,14). The summed E-state index contributed by atoms with van der Waals surface area (Å²) >= 11 is 0. The van der Waals surface area contributed by atoms with E-state index in [1.165, 1.54) is 12.1 Å². The summed E-state index contributed by atoms with van der Waals surface area (Å²) in [6, 6.07) is 4.22. The molecule has 0 heterocycles. The molecule has 0 aromatic heterocycles. The van der Waals surface area contributed by atoms with Gasteiger partial charge in [0.2, 0.25) is 0 Å². The van der Waals surface area contributed by atoms with Crippen LogP contribution in [0, 0.1) is 0 Å². The number of benzene rings is 1. The number of phenolic OH excluding ortho intramolecular Hbond substituents is 1. The van der Waals surface area contributed by atoms with Gasteiger partial charge in [-0.25, -0.2) is 4.79 Å². The molecule has 0 saturated heterocycles. The number of rotatable bonds is 3. The second-order valence-corrected chi connectivity index (χ2v) is 3.33. The molecule has 0 amide bonds. The molecule has 0 aliphatic heterocycles. The van der Waals surface area contributed by atoms with E-state index in [0.29, 0.717) is 12.0 Å². The van der Waals surface area contributed by atoms with Gasteiger partial charge in [0.15, 0.2) is 0 Å². The van der Waals surface area contributed by atoms with Gasteiger partial charge >= 0.3 is 5.97 Å². The molecule has 76 valence electrons. The van der Waals surface area contributed by atoms with E-state index in [1.807, 2.05) is 6.92 Å². The lowest BCUT2D eigenvalue weighted by atomic mass is 10.0. The summed E-state index contributed by atoms with van der Waals surface area (Å²) in [5, 5.41) is 18.1. The first-order valence-corrected chi connectivity index (χ1v) is 4.31. The minimum absolute atomic E-state index is 0.0119. The van der Waals surface area contributed by atoms with Crippen molar-refractivity contribution in [3.8, 4) is 5.75 Å². The Kier molecular flexibility index (Phi) is 3.09. The molecule has 0 radical (unpaired) electrons. The van der Waals surface area contributed by atoms with Crippen LogP contribution in [0.15, 0.2) is 18.2 Å². The van der Waals surface area contributed by atoms with Gasteiger partial charge in [0.05, 0.1) is 5.56 Å². The quantitative estimate of drug-likeness (QED) is 0.671. The van der Waals surface area contributed by atoms with E-state index in [4.69, 9.17) is 10.8 Å². The molecule has 0 spiro atoms. The van der Waals surface area contributed by atoms with Gasteiger partial charge < -0.3 is 15.9 Å². The number of hydrogen-bond donors (Lipinski definition) is 3. The van der Waals surface area contributed by atoms with Crippen molar-refractivity contribution in [1.82, 2.24) is 0 Å². The summed E-state index contributed by atoms with van der Waals surface area (Å²) < 4.78 is 0. The average Bonchev–Trinajstić information content (AvgIpc) is 2.07. The maximum Gasteiger partial charge on any atom is 0.335 e. The van der Waals surface area contributed by atoms with E-state index < -0.39 is 5.97 Å². The van der Waals surface area contributed by atoms with Gasteiger partial charge in [-0.15, -0.1) is 0 Å². The highest BCUT2D eigenvalue weighted by Crippen LogP contribution is 2.19. The van der Waals surface area contributed by atoms with Crippen LogP contribution in [0.2, 0.25) is 0 Å². The SMILES string of the molecule is CC(N)Cc1ccc(C(=O)O)cc1O. The monoisotopic (exact) mass is 195 g/mol. The molecule has 0 aliphatic carbocycles. The van der Waals surface area contributed by atoms with Gasteiger partial charge in [0, 0.05) is 6.04 Å². The Labute approximate surface area is 82.0 Å². The van der Waals surface area contributed by atoms with Crippen LogP contribution >= 0.6 is 0 Å². The second-order valence-electron chi connectivity index (χ2n) is 3.33. The van der Waals surface area contributed by atoms with Gasteiger partial charge in [0.1, 0.15) is 5.75 Å². The first-order valence-electron chi connectivity index (χ1n) is 4.31. The van der Waals surface area contributed by atoms with E-state index >= 15 is 0 Å². The Balaban J connectivity index is 2.95. The number of phenols is 1. The van der Waals surface area contributed by atoms with Crippen LogP contribution in [-0.2, 0) is 6.42 Å². The number of carboxylic acid groups (broad SMARTS) is 1. The van der Waals surface area contributed by atoms with Crippen molar-refractivity contribution in [2.24, 2.45) is 5.73 Å². The van der Waals surface area contributed by atoms with E-state index in [1.54, 1.807) is 6.07 Å². The Bertz CT molecular complexity index is 347. The number of aromatic carboxylic acids is 1. The molecule has 4 N–H and O–H groups in total. The van der Waals surface area contributed by atoms with E-state index in [9.17, 15) is 9.90 Å². The Hall–Kier alpha value is -1.55. The zero-order chi connectivity index (χ0) is 10.7. The van der Waals surface area contributed by atoms with E-state index in [0.717, 1.165) is 0 Å². The van der Waals surface area contributed by atoms with Crippen LogP contribution < -0.4 is 5.73 Å². The van der Waals surface area contributed by atoms with Crippen molar-refractivity contribution in [2.45, 2.75) is 19.4 Å². The third-order valence-corrected chi connectivity index (χ3v) is 1.87.